The minimum atomic E-state index is -4.46. The van der Waals surface area contributed by atoms with Crippen molar-refractivity contribution in [2.24, 2.45) is 5.41 Å². The highest BCUT2D eigenvalue weighted by Crippen LogP contribution is 2.21. The molecule has 0 spiro atoms. The summed E-state index contributed by atoms with van der Waals surface area (Å²) in [5.74, 6) is -1.01. The quantitative estimate of drug-likeness (QED) is 0.752. The minimum Gasteiger partial charge on any atom is -0.352 e. The monoisotopic (exact) mass is 422 g/mol. The Morgan fingerprint density at radius 3 is 2.12 bits per heavy atom. The number of benzene rings is 1. The molecule has 0 aliphatic heterocycles. The lowest BCUT2D eigenvalue weighted by molar-refractivity contribution is -0.163. The van der Waals surface area contributed by atoms with Crippen LogP contribution in [0.25, 0.3) is 0 Å². The molecule has 0 heterocycles. The first-order valence-corrected chi connectivity index (χ1v) is 8.55. The van der Waals surface area contributed by atoms with Crippen LogP contribution in [0.2, 0.25) is 0 Å². The van der Waals surface area contributed by atoms with E-state index in [1.54, 1.807) is 45.0 Å². The summed E-state index contributed by atoms with van der Waals surface area (Å²) < 4.78 is 38.9. The number of carbonyl (C=O) groups excluding carboxylic acids is 2. The third-order valence-electron chi connectivity index (χ3n) is 3.12. The second-order valence-corrected chi connectivity index (χ2v) is 7.85. The largest absolute Gasteiger partial charge is 0.406 e. The molecule has 1 aromatic carbocycles. The fourth-order valence-electron chi connectivity index (χ4n) is 2.17. The molecule has 0 saturated carbocycles. The van der Waals surface area contributed by atoms with E-state index >= 15 is 0 Å². The number of nitrogens with zero attached hydrogens (tertiary/aromatic N) is 1. The van der Waals surface area contributed by atoms with Gasteiger partial charge in [-0.15, -0.1) is 0 Å². The van der Waals surface area contributed by atoms with Gasteiger partial charge in [0.15, 0.2) is 0 Å². The predicted molar refractivity (Wildman–Crippen MR) is 93.2 cm³/mol. The maximum atomic E-state index is 12.7. The molecule has 1 aromatic rings. The molecule has 1 rings (SSSR count). The SMILES string of the molecule is CC(C)(C)CN(CC(F)(F)F)C(=O)CCNC(=O)c1ccc(Br)cc1. The Labute approximate surface area is 153 Å². The Kier molecular flexibility index (Phi) is 7.46. The third-order valence-corrected chi connectivity index (χ3v) is 3.65. The number of hydrogen-bond acceptors (Lipinski definition) is 2. The second kappa shape index (κ2) is 8.69. The molecule has 0 fully saturated rings. The van der Waals surface area contributed by atoms with Crippen molar-refractivity contribution < 1.29 is 22.8 Å². The van der Waals surface area contributed by atoms with Crippen LogP contribution >= 0.6 is 15.9 Å². The van der Waals surface area contributed by atoms with Gasteiger partial charge in [-0.2, -0.15) is 13.2 Å². The van der Waals surface area contributed by atoms with Crippen LogP contribution in [0, 0.1) is 5.41 Å². The van der Waals surface area contributed by atoms with Crippen molar-refractivity contribution in [1.82, 2.24) is 10.2 Å². The van der Waals surface area contributed by atoms with Gasteiger partial charge in [0.25, 0.3) is 5.91 Å². The van der Waals surface area contributed by atoms with Gasteiger partial charge in [0.2, 0.25) is 5.91 Å². The Hall–Kier alpha value is -1.57. The van der Waals surface area contributed by atoms with Gasteiger partial charge in [0.05, 0.1) is 0 Å². The molecule has 1 N–H and O–H groups in total. The number of amides is 2. The van der Waals surface area contributed by atoms with Gasteiger partial charge in [-0.05, 0) is 29.7 Å². The van der Waals surface area contributed by atoms with Gasteiger partial charge in [0.1, 0.15) is 6.54 Å². The summed E-state index contributed by atoms with van der Waals surface area (Å²) in [7, 11) is 0. The zero-order chi connectivity index (χ0) is 19.3. The highest BCUT2D eigenvalue weighted by molar-refractivity contribution is 9.10. The molecule has 0 unspecified atom stereocenters. The normalized spacial score (nSPS) is 12.0. The first kappa shape index (κ1) is 21.5. The standard InChI is InChI=1S/C17H22BrF3N2O2/c1-16(2,3)10-23(11-17(19,20)21)14(24)8-9-22-15(25)12-4-6-13(18)7-5-12/h4-7H,8-11H2,1-3H3,(H,22,25). The van der Waals surface area contributed by atoms with Gasteiger partial charge in [-0.3, -0.25) is 9.59 Å². The van der Waals surface area contributed by atoms with E-state index in [0.29, 0.717) is 5.56 Å². The summed E-state index contributed by atoms with van der Waals surface area (Å²) in [4.78, 5) is 24.9. The smallest absolute Gasteiger partial charge is 0.352 e. The lowest BCUT2D eigenvalue weighted by Gasteiger charge is -2.30. The third kappa shape index (κ3) is 8.90. The molecule has 0 bridgehead atoms. The van der Waals surface area contributed by atoms with Crippen molar-refractivity contribution in [2.75, 3.05) is 19.6 Å². The van der Waals surface area contributed by atoms with Crippen LogP contribution in [-0.4, -0.2) is 42.5 Å². The molecule has 0 radical (unpaired) electrons. The molecule has 8 heteroatoms. The van der Waals surface area contributed by atoms with E-state index in [1.165, 1.54) is 0 Å². The van der Waals surface area contributed by atoms with Crippen LogP contribution in [0.5, 0.6) is 0 Å². The summed E-state index contributed by atoms with van der Waals surface area (Å²) in [6.45, 7) is 3.97. The van der Waals surface area contributed by atoms with Crippen molar-refractivity contribution in [3.05, 3.63) is 34.3 Å². The summed E-state index contributed by atoms with van der Waals surface area (Å²) in [6.07, 6.45) is -4.64. The van der Waals surface area contributed by atoms with E-state index in [2.05, 4.69) is 21.2 Å². The average molecular weight is 423 g/mol. The fraction of sp³-hybridized carbons (Fsp3) is 0.529. The van der Waals surface area contributed by atoms with Crippen molar-refractivity contribution in [3.8, 4) is 0 Å². The zero-order valence-corrected chi connectivity index (χ0v) is 16.0. The summed E-state index contributed by atoms with van der Waals surface area (Å²) >= 11 is 3.26. The molecule has 25 heavy (non-hydrogen) atoms. The van der Waals surface area contributed by atoms with Crippen molar-refractivity contribution in [1.29, 1.82) is 0 Å². The van der Waals surface area contributed by atoms with Crippen LogP contribution in [0.4, 0.5) is 13.2 Å². The van der Waals surface area contributed by atoms with Crippen molar-refractivity contribution in [3.63, 3.8) is 0 Å². The molecule has 0 aliphatic rings. The topological polar surface area (TPSA) is 49.4 Å². The number of rotatable bonds is 6. The highest BCUT2D eigenvalue weighted by Gasteiger charge is 2.34. The Balaban J connectivity index is 2.58. The Morgan fingerprint density at radius 2 is 1.64 bits per heavy atom. The van der Waals surface area contributed by atoms with Crippen molar-refractivity contribution >= 4 is 27.7 Å². The average Bonchev–Trinajstić information content (AvgIpc) is 2.44. The van der Waals surface area contributed by atoms with Gasteiger partial charge < -0.3 is 10.2 Å². The lowest BCUT2D eigenvalue weighted by Crippen LogP contribution is -2.44. The van der Waals surface area contributed by atoms with Gasteiger partial charge in [-0.25, -0.2) is 0 Å². The van der Waals surface area contributed by atoms with E-state index < -0.39 is 24.0 Å². The molecule has 0 aliphatic carbocycles. The predicted octanol–water partition coefficient (Wildman–Crippen LogP) is 4.01. The summed E-state index contributed by atoms with van der Waals surface area (Å²) in [5.41, 5.74) is -0.0424. The van der Waals surface area contributed by atoms with E-state index in [9.17, 15) is 22.8 Å². The van der Waals surface area contributed by atoms with Crippen LogP contribution in [0.15, 0.2) is 28.7 Å². The van der Waals surface area contributed by atoms with Crippen molar-refractivity contribution in [2.45, 2.75) is 33.4 Å². The van der Waals surface area contributed by atoms with Gasteiger partial charge >= 0.3 is 6.18 Å². The van der Waals surface area contributed by atoms with Crippen LogP contribution in [-0.2, 0) is 4.79 Å². The number of alkyl halides is 3. The maximum Gasteiger partial charge on any atom is 0.406 e. The maximum absolute atomic E-state index is 12.7. The molecule has 0 aromatic heterocycles. The molecule has 0 saturated heterocycles. The highest BCUT2D eigenvalue weighted by atomic mass is 79.9. The number of nitrogens with one attached hydrogen (secondary N) is 1. The molecule has 4 nitrogen and oxygen atoms in total. The molecular formula is C17H22BrF3N2O2. The van der Waals surface area contributed by atoms with Crippen LogP contribution in [0.1, 0.15) is 37.6 Å². The number of halogens is 4. The number of carbonyl (C=O) groups is 2. The van der Waals surface area contributed by atoms with E-state index in [1.807, 2.05) is 0 Å². The molecule has 140 valence electrons. The number of hydrogen-bond donors (Lipinski definition) is 1. The first-order chi connectivity index (χ1) is 11.4. The van der Waals surface area contributed by atoms with E-state index in [-0.39, 0.29) is 25.4 Å². The van der Waals surface area contributed by atoms with Gasteiger partial charge in [-0.1, -0.05) is 36.7 Å². The molecule has 2 amide bonds. The fourth-order valence-corrected chi connectivity index (χ4v) is 2.43. The van der Waals surface area contributed by atoms with E-state index in [0.717, 1.165) is 9.37 Å². The van der Waals surface area contributed by atoms with Crippen LogP contribution < -0.4 is 5.32 Å². The molecule has 0 atom stereocenters. The Bertz CT molecular complexity index is 579. The summed E-state index contributed by atoms with van der Waals surface area (Å²) in [6, 6.07) is 6.62. The van der Waals surface area contributed by atoms with Crippen LogP contribution in [0.3, 0.4) is 0 Å². The first-order valence-electron chi connectivity index (χ1n) is 7.76. The Morgan fingerprint density at radius 1 is 1.08 bits per heavy atom. The minimum absolute atomic E-state index is 0.00793. The second-order valence-electron chi connectivity index (χ2n) is 6.94. The van der Waals surface area contributed by atoms with E-state index in [4.69, 9.17) is 0 Å². The summed E-state index contributed by atoms with van der Waals surface area (Å²) in [5, 5.41) is 2.55. The zero-order valence-electron chi connectivity index (χ0n) is 14.4. The van der Waals surface area contributed by atoms with Gasteiger partial charge in [0, 0.05) is 29.5 Å². The molecular weight excluding hydrogens is 401 g/mol. The lowest BCUT2D eigenvalue weighted by atomic mass is 9.96.